The first-order valence-corrected chi connectivity index (χ1v) is 10.7. The molecule has 2 heterocycles. The molecule has 1 N–H and O–H groups in total. The Bertz CT molecular complexity index is 1100. The number of anilines is 1. The monoisotopic (exact) mass is 460 g/mol. The smallest absolute Gasteiger partial charge is 0.367 e. The van der Waals surface area contributed by atoms with Crippen molar-refractivity contribution < 1.29 is 22.8 Å². The molecule has 174 valence electrons. The Morgan fingerprint density at radius 3 is 2.61 bits per heavy atom. The van der Waals surface area contributed by atoms with Crippen molar-refractivity contribution in [3.05, 3.63) is 47.3 Å². The number of alkyl halides is 3. The second-order valence-corrected chi connectivity index (χ2v) is 8.14. The van der Waals surface area contributed by atoms with Crippen LogP contribution in [0.1, 0.15) is 41.4 Å². The fourth-order valence-corrected chi connectivity index (χ4v) is 3.87. The second-order valence-electron chi connectivity index (χ2n) is 8.14. The van der Waals surface area contributed by atoms with Gasteiger partial charge in [-0.3, -0.25) is 14.3 Å². The molecule has 4 rings (SSSR count). The number of nitrogens with one attached hydrogen (secondary N) is 1. The zero-order chi connectivity index (χ0) is 23.8. The summed E-state index contributed by atoms with van der Waals surface area (Å²) >= 11 is 0. The van der Waals surface area contributed by atoms with Crippen molar-refractivity contribution in [1.82, 2.24) is 20.0 Å². The van der Waals surface area contributed by atoms with Crippen molar-refractivity contribution in [3.8, 4) is 6.07 Å². The van der Waals surface area contributed by atoms with Crippen LogP contribution in [0.2, 0.25) is 0 Å². The number of rotatable bonds is 5. The maximum Gasteiger partial charge on any atom is 0.417 e. The van der Waals surface area contributed by atoms with Crippen LogP contribution in [0.25, 0.3) is 0 Å². The first-order valence-electron chi connectivity index (χ1n) is 10.7. The summed E-state index contributed by atoms with van der Waals surface area (Å²) in [6.45, 7) is 2.88. The molecule has 1 aromatic heterocycles. The normalized spacial score (nSPS) is 18.7. The lowest BCUT2D eigenvalue weighted by atomic mass is 10.0. The summed E-state index contributed by atoms with van der Waals surface area (Å²) in [5.74, 6) is -0.733. The van der Waals surface area contributed by atoms with Gasteiger partial charge in [0.05, 0.1) is 17.2 Å². The number of hydrogen-bond acceptors (Lipinski definition) is 5. The van der Waals surface area contributed by atoms with Gasteiger partial charge in [0.1, 0.15) is 11.7 Å². The summed E-state index contributed by atoms with van der Waals surface area (Å²) in [5.41, 5.74) is -1.03. The molecule has 0 spiro atoms. The number of amides is 2. The highest BCUT2D eigenvalue weighted by molar-refractivity contribution is 5.96. The molecule has 2 aromatic rings. The number of carbonyl (C=O) groups is 2. The fourth-order valence-electron chi connectivity index (χ4n) is 3.87. The van der Waals surface area contributed by atoms with E-state index in [0.29, 0.717) is 6.54 Å². The number of nitriles is 1. The highest BCUT2D eigenvalue weighted by Gasteiger charge is 2.39. The quantitative estimate of drug-likeness (QED) is 0.740. The molecule has 1 aliphatic carbocycles. The lowest BCUT2D eigenvalue weighted by molar-refractivity contribution is -0.137. The molecule has 1 saturated heterocycles. The zero-order valence-corrected chi connectivity index (χ0v) is 18.0. The van der Waals surface area contributed by atoms with E-state index >= 15 is 0 Å². The van der Waals surface area contributed by atoms with Gasteiger partial charge in [0, 0.05) is 44.1 Å². The van der Waals surface area contributed by atoms with Crippen LogP contribution in [0.5, 0.6) is 0 Å². The van der Waals surface area contributed by atoms with E-state index in [-0.39, 0.29) is 43.0 Å². The molecule has 0 radical (unpaired) electrons. The number of hydrogen-bond donors (Lipinski definition) is 1. The van der Waals surface area contributed by atoms with Gasteiger partial charge in [0.15, 0.2) is 0 Å². The first-order chi connectivity index (χ1) is 15.7. The van der Waals surface area contributed by atoms with Crippen LogP contribution in [0.3, 0.4) is 0 Å². The van der Waals surface area contributed by atoms with E-state index in [1.165, 1.54) is 11.0 Å². The molecular formula is C22H23F3N6O2. The third-order valence-electron chi connectivity index (χ3n) is 5.85. The molecule has 1 saturated carbocycles. The van der Waals surface area contributed by atoms with Gasteiger partial charge in [-0.15, -0.1) is 0 Å². The molecule has 8 nitrogen and oxygen atoms in total. The van der Waals surface area contributed by atoms with E-state index in [0.717, 1.165) is 25.0 Å². The van der Waals surface area contributed by atoms with E-state index in [1.54, 1.807) is 27.9 Å². The van der Waals surface area contributed by atoms with Crippen molar-refractivity contribution in [2.75, 3.05) is 24.5 Å². The summed E-state index contributed by atoms with van der Waals surface area (Å²) in [6, 6.07) is 5.83. The fraction of sp³-hybridized carbons (Fsp3) is 0.455. The molecule has 2 fully saturated rings. The number of aryl methyl sites for hydroxylation is 1. The molecule has 0 bridgehead atoms. The maximum absolute atomic E-state index is 13.4. The number of aromatic nitrogens is 2. The van der Waals surface area contributed by atoms with E-state index in [4.69, 9.17) is 5.26 Å². The molecule has 2 aliphatic rings. The third kappa shape index (κ3) is 4.79. The van der Waals surface area contributed by atoms with Crippen molar-refractivity contribution in [3.63, 3.8) is 0 Å². The van der Waals surface area contributed by atoms with Gasteiger partial charge >= 0.3 is 6.18 Å². The van der Waals surface area contributed by atoms with Crippen LogP contribution in [0, 0.1) is 11.3 Å². The molecule has 1 atom stereocenters. The predicted octanol–water partition coefficient (Wildman–Crippen LogP) is 2.40. The van der Waals surface area contributed by atoms with Crippen LogP contribution < -0.4 is 10.2 Å². The van der Waals surface area contributed by atoms with Crippen LogP contribution in [-0.2, 0) is 17.5 Å². The zero-order valence-electron chi connectivity index (χ0n) is 18.0. The predicted molar refractivity (Wildman–Crippen MR) is 112 cm³/mol. The highest BCUT2D eigenvalue weighted by atomic mass is 19.4. The standard InChI is InChI=1S/C22H23F3N6O2/c1-2-30-8-7-18(28-30)21(33)31-10-9-29(13-19(31)20(32)27-15-4-5-15)16-6-3-14(12-26)17(11-16)22(23,24)25/h3,6-8,11,15,19H,2,4-5,9-10,13H2,1H3,(H,27,32). The summed E-state index contributed by atoms with van der Waals surface area (Å²) in [5, 5.41) is 16.2. The van der Waals surface area contributed by atoms with Crippen LogP contribution in [-0.4, -0.2) is 58.2 Å². The Morgan fingerprint density at radius 1 is 1.24 bits per heavy atom. The molecule has 33 heavy (non-hydrogen) atoms. The Kier molecular flexibility index (Phi) is 6.01. The molecule has 11 heteroatoms. The minimum absolute atomic E-state index is 0.0297. The van der Waals surface area contributed by atoms with Crippen LogP contribution >= 0.6 is 0 Å². The van der Waals surface area contributed by atoms with Gasteiger partial charge in [0.25, 0.3) is 5.91 Å². The number of halogens is 3. The van der Waals surface area contributed by atoms with E-state index in [1.807, 2.05) is 6.92 Å². The average Bonchev–Trinajstić information content (AvgIpc) is 3.49. The van der Waals surface area contributed by atoms with Crippen LogP contribution in [0.4, 0.5) is 18.9 Å². The van der Waals surface area contributed by atoms with Crippen molar-refractivity contribution in [1.29, 1.82) is 5.26 Å². The summed E-state index contributed by atoms with van der Waals surface area (Å²) in [7, 11) is 0. The SMILES string of the molecule is CCn1ccc(C(=O)N2CCN(c3ccc(C#N)c(C(F)(F)F)c3)CC2C(=O)NC2CC2)n1. The molecular weight excluding hydrogens is 437 g/mol. The van der Waals surface area contributed by atoms with Crippen LogP contribution in [0.15, 0.2) is 30.5 Å². The number of nitrogens with zero attached hydrogens (tertiary/aromatic N) is 5. The van der Waals surface area contributed by atoms with Crippen molar-refractivity contribution >= 4 is 17.5 Å². The minimum Gasteiger partial charge on any atom is -0.367 e. The Hall–Kier alpha value is -3.55. The molecule has 1 unspecified atom stereocenters. The van der Waals surface area contributed by atoms with E-state index in [9.17, 15) is 22.8 Å². The Labute approximate surface area is 188 Å². The minimum atomic E-state index is -4.68. The average molecular weight is 460 g/mol. The lowest BCUT2D eigenvalue weighted by Gasteiger charge is -2.41. The molecule has 1 aromatic carbocycles. The lowest BCUT2D eigenvalue weighted by Crippen LogP contribution is -2.61. The van der Waals surface area contributed by atoms with Gasteiger partial charge in [-0.2, -0.15) is 23.5 Å². The van der Waals surface area contributed by atoms with Gasteiger partial charge < -0.3 is 15.1 Å². The third-order valence-corrected chi connectivity index (χ3v) is 5.85. The van der Waals surface area contributed by atoms with Crippen molar-refractivity contribution in [2.45, 2.75) is 44.6 Å². The molecule has 1 aliphatic heterocycles. The number of benzene rings is 1. The number of piperazine rings is 1. The van der Waals surface area contributed by atoms with Gasteiger partial charge in [0.2, 0.25) is 5.91 Å². The van der Waals surface area contributed by atoms with Gasteiger partial charge in [-0.1, -0.05) is 0 Å². The molecule has 2 amide bonds. The first kappa shape index (κ1) is 22.6. The van der Waals surface area contributed by atoms with E-state index in [2.05, 4.69) is 10.4 Å². The largest absolute Gasteiger partial charge is 0.417 e. The van der Waals surface area contributed by atoms with E-state index < -0.39 is 29.3 Å². The van der Waals surface area contributed by atoms with Gasteiger partial charge in [-0.05, 0) is 44.0 Å². The maximum atomic E-state index is 13.4. The summed E-state index contributed by atoms with van der Waals surface area (Å²) < 4.78 is 41.9. The summed E-state index contributed by atoms with van der Waals surface area (Å²) in [6.07, 6.45) is -1.28. The second kappa shape index (κ2) is 8.77. The summed E-state index contributed by atoms with van der Waals surface area (Å²) in [4.78, 5) is 29.2. The van der Waals surface area contributed by atoms with Gasteiger partial charge in [-0.25, -0.2) is 0 Å². The Morgan fingerprint density at radius 2 is 2.00 bits per heavy atom. The van der Waals surface area contributed by atoms with Crippen molar-refractivity contribution in [2.24, 2.45) is 0 Å². The highest BCUT2D eigenvalue weighted by Crippen LogP contribution is 2.35. The topological polar surface area (TPSA) is 94.3 Å². The Balaban J connectivity index is 1.61. The number of carbonyl (C=O) groups excluding carboxylic acids is 2.